The number of hydrogen-bond acceptors (Lipinski definition) is 3. The van der Waals surface area contributed by atoms with Gasteiger partial charge in [0.25, 0.3) is 0 Å². The summed E-state index contributed by atoms with van der Waals surface area (Å²) < 4.78 is 0.433. The van der Waals surface area contributed by atoms with Crippen molar-refractivity contribution in [2.75, 3.05) is 25.4 Å². The van der Waals surface area contributed by atoms with E-state index >= 15 is 0 Å². The molecule has 2 nitrogen and oxygen atoms in total. The molecule has 1 aliphatic rings. The van der Waals surface area contributed by atoms with E-state index in [2.05, 4.69) is 60.8 Å². The van der Waals surface area contributed by atoms with E-state index in [0.29, 0.717) is 10.8 Å². The zero-order chi connectivity index (χ0) is 14.4. The molecule has 0 radical (unpaired) electrons. The van der Waals surface area contributed by atoms with E-state index < -0.39 is 0 Å². The first kappa shape index (κ1) is 15.9. The molecular formula is C17H28N2S. The summed E-state index contributed by atoms with van der Waals surface area (Å²) in [4.78, 5) is 2.55. The molecule has 2 N–H and O–H groups in total. The van der Waals surface area contributed by atoms with E-state index in [1.165, 1.54) is 30.8 Å². The first-order valence-electron chi connectivity index (χ1n) is 7.71. The Morgan fingerprint density at radius 1 is 1.25 bits per heavy atom. The minimum absolute atomic E-state index is 0.293. The summed E-state index contributed by atoms with van der Waals surface area (Å²) in [6.07, 6.45) is 3.44. The number of nitrogens with zero attached hydrogens (tertiary/aromatic N) is 1. The molecule has 1 aromatic rings. The second kappa shape index (κ2) is 7.48. The SMILES string of the molecule is CC1(C)CCN(CC(N)CCc2ccccc2)CCS1. The summed E-state index contributed by atoms with van der Waals surface area (Å²) in [5, 5.41) is 0. The minimum Gasteiger partial charge on any atom is -0.327 e. The van der Waals surface area contributed by atoms with Crippen molar-refractivity contribution >= 4 is 11.8 Å². The quantitative estimate of drug-likeness (QED) is 0.904. The number of hydrogen-bond donors (Lipinski definition) is 1. The van der Waals surface area contributed by atoms with Crippen LogP contribution in [0.5, 0.6) is 0 Å². The summed E-state index contributed by atoms with van der Waals surface area (Å²) in [5.74, 6) is 1.23. The van der Waals surface area contributed by atoms with E-state index in [4.69, 9.17) is 5.73 Å². The molecular weight excluding hydrogens is 264 g/mol. The van der Waals surface area contributed by atoms with Gasteiger partial charge in [0.2, 0.25) is 0 Å². The summed E-state index contributed by atoms with van der Waals surface area (Å²) in [7, 11) is 0. The summed E-state index contributed by atoms with van der Waals surface area (Å²) >= 11 is 2.10. The van der Waals surface area contributed by atoms with E-state index in [1.54, 1.807) is 0 Å². The molecule has 3 heteroatoms. The van der Waals surface area contributed by atoms with Crippen LogP contribution in [0, 0.1) is 0 Å². The van der Waals surface area contributed by atoms with Crippen LogP contribution in [0.1, 0.15) is 32.3 Å². The van der Waals surface area contributed by atoms with Gasteiger partial charge in [0.05, 0.1) is 0 Å². The van der Waals surface area contributed by atoms with Crippen LogP contribution < -0.4 is 5.73 Å². The largest absolute Gasteiger partial charge is 0.327 e. The van der Waals surface area contributed by atoms with Crippen molar-refractivity contribution in [3.8, 4) is 0 Å². The molecule has 2 rings (SSSR count). The van der Waals surface area contributed by atoms with Crippen molar-refractivity contribution in [1.29, 1.82) is 0 Å². The summed E-state index contributed by atoms with van der Waals surface area (Å²) in [6.45, 7) is 8.14. The molecule has 1 unspecified atom stereocenters. The van der Waals surface area contributed by atoms with Crippen LogP contribution in [0.15, 0.2) is 30.3 Å². The average Bonchev–Trinajstić information content (AvgIpc) is 2.59. The predicted octanol–water partition coefficient (Wildman–Crippen LogP) is 3.16. The molecule has 112 valence electrons. The molecule has 1 heterocycles. The van der Waals surface area contributed by atoms with Crippen LogP contribution >= 0.6 is 11.8 Å². The van der Waals surface area contributed by atoms with Crippen LogP contribution in [-0.2, 0) is 6.42 Å². The highest BCUT2D eigenvalue weighted by Crippen LogP contribution is 2.30. The smallest absolute Gasteiger partial charge is 0.0170 e. The highest BCUT2D eigenvalue weighted by molar-refractivity contribution is 8.00. The second-order valence-corrected chi connectivity index (χ2v) is 8.25. The molecule has 0 bridgehead atoms. The lowest BCUT2D eigenvalue weighted by Gasteiger charge is -2.25. The van der Waals surface area contributed by atoms with Crippen molar-refractivity contribution in [3.63, 3.8) is 0 Å². The maximum atomic E-state index is 6.32. The van der Waals surface area contributed by atoms with Crippen molar-refractivity contribution in [1.82, 2.24) is 4.90 Å². The normalized spacial score (nSPS) is 21.4. The first-order valence-corrected chi connectivity index (χ1v) is 8.69. The molecule has 0 spiro atoms. The first-order chi connectivity index (χ1) is 9.55. The summed E-state index contributed by atoms with van der Waals surface area (Å²) in [5.41, 5.74) is 7.72. The van der Waals surface area contributed by atoms with E-state index in [1.807, 2.05) is 0 Å². The van der Waals surface area contributed by atoms with Gasteiger partial charge >= 0.3 is 0 Å². The van der Waals surface area contributed by atoms with Gasteiger partial charge in [0.1, 0.15) is 0 Å². The zero-order valence-electron chi connectivity index (χ0n) is 12.8. The molecule has 0 amide bonds. The van der Waals surface area contributed by atoms with Crippen molar-refractivity contribution in [2.24, 2.45) is 5.73 Å². The van der Waals surface area contributed by atoms with E-state index in [-0.39, 0.29) is 0 Å². The van der Waals surface area contributed by atoms with Gasteiger partial charge in [-0.05, 0) is 31.4 Å². The van der Waals surface area contributed by atoms with Gasteiger partial charge in [-0.15, -0.1) is 0 Å². The van der Waals surface area contributed by atoms with Crippen LogP contribution in [0.25, 0.3) is 0 Å². The van der Waals surface area contributed by atoms with Gasteiger partial charge in [-0.3, -0.25) is 0 Å². The fourth-order valence-electron chi connectivity index (χ4n) is 2.66. The Labute approximate surface area is 128 Å². The molecule has 20 heavy (non-hydrogen) atoms. The van der Waals surface area contributed by atoms with Crippen molar-refractivity contribution < 1.29 is 0 Å². The lowest BCUT2D eigenvalue weighted by molar-refractivity contribution is 0.262. The van der Waals surface area contributed by atoms with E-state index in [0.717, 1.165) is 19.4 Å². The maximum Gasteiger partial charge on any atom is 0.0170 e. The van der Waals surface area contributed by atoms with Gasteiger partial charge in [0, 0.05) is 29.6 Å². The van der Waals surface area contributed by atoms with Crippen LogP contribution in [0.2, 0.25) is 0 Å². The Kier molecular flexibility index (Phi) is 5.94. The maximum absolute atomic E-state index is 6.32. The lowest BCUT2D eigenvalue weighted by atomic mass is 10.0. The lowest BCUT2D eigenvalue weighted by Crippen LogP contribution is -2.39. The number of benzene rings is 1. The molecule has 0 aromatic heterocycles. The predicted molar refractivity (Wildman–Crippen MR) is 90.3 cm³/mol. The fourth-order valence-corrected chi connectivity index (χ4v) is 3.80. The van der Waals surface area contributed by atoms with E-state index in [9.17, 15) is 0 Å². The van der Waals surface area contributed by atoms with Gasteiger partial charge in [-0.1, -0.05) is 44.2 Å². The highest BCUT2D eigenvalue weighted by Gasteiger charge is 2.24. The molecule has 1 fully saturated rings. The van der Waals surface area contributed by atoms with Crippen molar-refractivity contribution in [2.45, 2.75) is 43.9 Å². The van der Waals surface area contributed by atoms with Gasteiger partial charge in [0.15, 0.2) is 0 Å². The Bertz CT molecular complexity index is 391. The Morgan fingerprint density at radius 2 is 2.00 bits per heavy atom. The summed E-state index contributed by atoms with van der Waals surface area (Å²) in [6, 6.07) is 11.0. The highest BCUT2D eigenvalue weighted by atomic mass is 32.2. The Morgan fingerprint density at radius 3 is 2.75 bits per heavy atom. The van der Waals surface area contributed by atoms with Gasteiger partial charge in [-0.25, -0.2) is 0 Å². The minimum atomic E-state index is 0.293. The van der Waals surface area contributed by atoms with Crippen LogP contribution in [0.3, 0.4) is 0 Å². The molecule has 0 aliphatic carbocycles. The zero-order valence-corrected chi connectivity index (χ0v) is 13.7. The van der Waals surface area contributed by atoms with Crippen LogP contribution in [-0.4, -0.2) is 41.1 Å². The Hall–Kier alpha value is -0.510. The third kappa shape index (κ3) is 5.47. The fraction of sp³-hybridized carbons (Fsp3) is 0.647. The topological polar surface area (TPSA) is 29.3 Å². The Balaban J connectivity index is 1.73. The van der Waals surface area contributed by atoms with Crippen molar-refractivity contribution in [3.05, 3.63) is 35.9 Å². The number of rotatable bonds is 5. The molecule has 1 aromatic carbocycles. The number of thioether (sulfide) groups is 1. The molecule has 1 aliphatic heterocycles. The molecule has 1 atom stereocenters. The second-order valence-electron chi connectivity index (χ2n) is 6.44. The number of nitrogens with two attached hydrogens (primary N) is 1. The standard InChI is InChI=1S/C17H28N2S/c1-17(2)10-11-19(12-13-20-17)14-16(18)9-8-15-6-4-3-5-7-15/h3-7,16H,8-14,18H2,1-2H3. The van der Waals surface area contributed by atoms with Gasteiger partial charge in [-0.2, -0.15) is 11.8 Å². The number of aryl methyl sites for hydroxylation is 1. The van der Waals surface area contributed by atoms with Crippen LogP contribution in [0.4, 0.5) is 0 Å². The average molecular weight is 292 g/mol. The third-order valence-corrected chi connectivity index (χ3v) is 5.44. The third-order valence-electron chi connectivity index (χ3n) is 4.07. The molecule has 0 saturated carbocycles. The van der Waals surface area contributed by atoms with Gasteiger partial charge < -0.3 is 10.6 Å². The molecule has 1 saturated heterocycles. The monoisotopic (exact) mass is 292 g/mol.